The lowest BCUT2D eigenvalue weighted by Crippen LogP contribution is -2.21. The molecule has 0 radical (unpaired) electrons. The molecule has 80 valence electrons. The van der Waals surface area contributed by atoms with Crippen LogP contribution in [0.2, 0.25) is 0 Å². The van der Waals surface area contributed by atoms with E-state index in [-0.39, 0.29) is 5.56 Å². The minimum Gasteiger partial charge on any atom is -0.323 e. The van der Waals surface area contributed by atoms with Gasteiger partial charge in [-0.3, -0.25) is 9.36 Å². The van der Waals surface area contributed by atoms with E-state index < -0.39 is 0 Å². The van der Waals surface area contributed by atoms with Gasteiger partial charge in [0.25, 0.3) is 5.56 Å². The van der Waals surface area contributed by atoms with Crippen molar-refractivity contribution in [1.82, 2.24) is 9.55 Å². The van der Waals surface area contributed by atoms with Crippen molar-refractivity contribution in [2.75, 3.05) is 0 Å². The highest BCUT2D eigenvalue weighted by Gasteiger charge is 2.05. The molecule has 0 aliphatic carbocycles. The quantitative estimate of drug-likeness (QED) is 0.838. The topological polar surface area (TPSA) is 37.8 Å². The number of unbranched alkanes of at least 4 members (excludes halogenated alkanes) is 1. The molecule has 0 unspecified atom stereocenters. The molecule has 2 aromatic rings. The Kier molecular flexibility index (Phi) is 3.02. The summed E-state index contributed by atoms with van der Waals surface area (Å²) in [5.41, 5.74) is 0.0310. The van der Waals surface area contributed by atoms with Crippen molar-refractivity contribution in [3.8, 4) is 0 Å². The van der Waals surface area contributed by atoms with Gasteiger partial charge in [-0.15, -0.1) is 11.3 Å². The minimum absolute atomic E-state index is 0.0310. The molecule has 2 rings (SSSR count). The molecule has 0 aromatic carbocycles. The lowest BCUT2D eigenvalue weighted by Gasteiger charge is -2.04. The summed E-state index contributed by atoms with van der Waals surface area (Å²) in [7, 11) is 0. The summed E-state index contributed by atoms with van der Waals surface area (Å²) >= 11 is 6.67. The van der Waals surface area contributed by atoms with Crippen LogP contribution >= 0.6 is 23.6 Å². The fraction of sp³-hybridized carbons (Fsp3) is 0.400. The van der Waals surface area contributed by atoms with Crippen molar-refractivity contribution in [2.24, 2.45) is 0 Å². The number of hydrogen-bond donors (Lipinski definition) is 1. The number of thiophene rings is 1. The molecule has 3 nitrogen and oxygen atoms in total. The largest absolute Gasteiger partial charge is 0.323 e. The summed E-state index contributed by atoms with van der Waals surface area (Å²) in [5.74, 6) is 0. The second-order valence-corrected chi connectivity index (χ2v) is 4.71. The van der Waals surface area contributed by atoms with Crippen LogP contribution in [0.15, 0.2) is 16.2 Å². The summed E-state index contributed by atoms with van der Waals surface area (Å²) < 4.78 is 2.18. The van der Waals surface area contributed by atoms with E-state index >= 15 is 0 Å². The van der Waals surface area contributed by atoms with Gasteiger partial charge in [-0.1, -0.05) is 13.3 Å². The highest BCUT2D eigenvalue weighted by atomic mass is 32.1. The molecule has 15 heavy (non-hydrogen) atoms. The Balaban J connectivity index is 2.62. The van der Waals surface area contributed by atoms with Crippen molar-refractivity contribution in [3.05, 3.63) is 26.6 Å². The van der Waals surface area contributed by atoms with Crippen molar-refractivity contribution < 1.29 is 0 Å². The average Bonchev–Trinajstić information content (AvgIpc) is 2.65. The summed E-state index contributed by atoms with van der Waals surface area (Å²) in [6.07, 6.45) is 2.04. The van der Waals surface area contributed by atoms with Gasteiger partial charge in [0.15, 0.2) is 4.77 Å². The number of H-pyrrole nitrogens is 1. The molecular weight excluding hydrogens is 228 g/mol. The van der Waals surface area contributed by atoms with E-state index in [1.54, 1.807) is 4.57 Å². The molecule has 5 heteroatoms. The number of nitrogens with one attached hydrogen (secondary N) is 1. The molecule has 0 aliphatic rings. The summed E-state index contributed by atoms with van der Waals surface area (Å²) in [6.45, 7) is 2.80. The number of aromatic nitrogens is 2. The first-order valence-electron chi connectivity index (χ1n) is 4.94. The van der Waals surface area contributed by atoms with E-state index in [1.807, 2.05) is 11.4 Å². The zero-order chi connectivity index (χ0) is 10.8. The predicted octanol–water partition coefficient (Wildman–Crippen LogP) is 2.92. The van der Waals surface area contributed by atoms with Gasteiger partial charge in [0.2, 0.25) is 0 Å². The molecule has 0 saturated heterocycles. The van der Waals surface area contributed by atoms with Gasteiger partial charge in [-0.05, 0) is 30.1 Å². The van der Waals surface area contributed by atoms with Crippen molar-refractivity contribution in [2.45, 2.75) is 26.3 Å². The van der Waals surface area contributed by atoms with Crippen LogP contribution in [0.3, 0.4) is 0 Å². The van der Waals surface area contributed by atoms with Gasteiger partial charge in [0.1, 0.15) is 4.83 Å². The molecule has 2 aromatic heterocycles. The fourth-order valence-electron chi connectivity index (χ4n) is 1.50. The van der Waals surface area contributed by atoms with E-state index in [1.165, 1.54) is 11.3 Å². The van der Waals surface area contributed by atoms with Gasteiger partial charge >= 0.3 is 0 Å². The standard InChI is InChI=1S/C10H12N2OS2/c1-2-3-5-12-9(13)7-4-6-15-8(7)11-10(12)14/h4,6H,2-3,5H2,1H3,(H,11,14). The van der Waals surface area contributed by atoms with Crippen LogP contribution in [0.1, 0.15) is 19.8 Å². The molecule has 0 atom stereocenters. The molecule has 0 aliphatic heterocycles. The molecule has 2 heterocycles. The van der Waals surface area contributed by atoms with Crippen molar-refractivity contribution in [1.29, 1.82) is 0 Å². The average molecular weight is 240 g/mol. The number of nitrogens with zero attached hydrogens (tertiary/aromatic N) is 1. The Bertz CT molecular complexity index is 579. The van der Waals surface area contributed by atoms with E-state index in [9.17, 15) is 4.79 Å². The Morgan fingerprint density at radius 1 is 1.60 bits per heavy atom. The van der Waals surface area contributed by atoms with Crippen LogP contribution in [0.4, 0.5) is 0 Å². The van der Waals surface area contributed by atoms with Crippen LogP contribution in [-0.4, -0.2) is 9.55 Å². The van der Waals surface area contributed by atoms with Crippen molar-refractivity contribution in [3.63, 3.8) is 0 Å². The monoisotopic (exact) mass is 240 g/mol. The number of fused-ring (bicyclic) bond motifs is 1. The van der Waals surface area contributed by atoms with Gasteiger partial charge in [-0.2, -0.15) is 0 Å². The maximum atomic E-state index is 12.0. The summed E-state index contributed by atoms with van der Waals surface area (Å²) in [4.78, 5) is 16.0. The van der Waals surface area contributed by atoms with Crippen LogP contribution in [0.25, 0.3) is 10.2 Å². The maximum absolute atomic E-state index is 12.0. The van der Waals surface area contributed by atoms with Gasteiger partial charge in [-0.25, -0.2) is 0 Å². The molecule has 0 amide bonds. The predicted molar refractivity (Wildman–Crippen MR) is 66.2 cm³/mol. The first kappa shape index (κ1) is 10.6. The van der Waals surface area contributed by atoms with Gasteiger partial charge in [0, 0.05) is 6.54 Å². The zero-order valence-electron chi connectivity index (χ0n) is 8.45. The first-order chi connectivity index (χ1) is 7.24. The van der Waals surface area contributed by atoms with Crippen LogP contribution in [0.5, 0.6) is 0 Å². The van der Waals surface area contributed by atoms with Gasteiger partial charge < -0.3 is 4.98 Å². The van der Waals surface area contributed by atoms with Crippen LogP contribution in [0, 0.1) is 4.77 Å². The summed E-state index contributed by atoms with van der Waals surface area (Å²) in [6, 6.07) is 1.84. The Labute approximate surface area is 96.4 Å². The van der Waals surface area contributed by atoms with Crippen molar-refractivity contribution >= 4 is 33.8 Å². The Morgan fingerprint density at radius 3 is 3.13 bits per heavy atom. The fourth-order valence-corrected chi connectivity index (χ4v) is 2.62. The third-order valence-corrected chi connectivity index (χ3v) is 3.49. The van der Waals surface area contributed by atoms with E-state index in [0.717, 1.165) is 23.1 Å². The minimum atomic E-state index is 0.0310. The van der Waals surface area contributed by atoms with E-state index in [4.69, 9.17) is 12.2 Å². The highest BCUT2D eigenvalue weighted by Crippen LogP contribution is 2.14. The second-order valence-electron chi connectivity index (χ2n) is 3.40. The summed E-state index contributed by atoms with van der Waals surface area (Å²) in [5, 5.41) is 2.64. The van der Waals surface area contributed by atoms with Gasteiger partial charge in [0.05, 0.1) is 5.39 Å². The Morgan fingerprint density at radius 2 is 2.40 bits per heavy atom. The zero-order valence-corrected chi connectivity index (χ0v) is 10.1. The van der Waals surface area contributed by atoms with E-state index in [2.05, 4.69) is 11.9 Å². The van der Waals surface area contributed by atoms with Crippen LogP contribution in [-0.2, 0) is 6.54 Å². The lowest BCUT2D eigenvalue weighted by molar-refractivity contribution is 0.601. The normalized spacial score (nSPS) is 11.0. The van der Waals surface area contributed by atoms with Crippen LogP contribution < -0.4 is 5.56 Å². The molecule has 0 spiro atoms. The van der Waals surface area contributed by atoms with E-state index in [0.29, 0.717) is 11.3 Å². The lowest BCUT2D eigenvalue weighted by atomic mass is 10.3. The maximum Gasteiger partial charge on any atom is 0.263 e. The number of rotatable bonds is 3. The SMILES string of the molecule is CCCCn1c(=S)[nH]c2sccc2c1=O. The molecule has 0 bridgehead atoms. The number of aromatic amines is 1. The third-order valence-electron chi connectivity index (χ3n) is 2.34. The molecule has 0 saturated carbocycles. The second kappa shape index (κ2) is 4.28. The Hall–Kier alpha value is -0.940. The smallest absolute Gasteiger partial charge is 0.263 e. The molecule has 1 N–H and O–H groups in total. The molecular formula is C10H12N2OS2. The highest BCUT2D eigenvalue weighted by molar-refractivity contribution is 7.71. The third kappa shape index (κ3) is 1.89. The first-order valence-corrected chi connectivity index (χ1v) is 6.23. The number of hydrogen-bond acceptors (Lipinski definition) is 3. The molecule has 0 fully saturated rings.